The Morgan fingerprint density at radius 2 is 2.20 bits per heavy atom. The van der Waals surface area contributed by atoms with Gasteiger partial charge in [0.25, 0.3) is 0 Å². The van der Waals surface area contributed by atoms with Gasteiger partial charge in [-0.05, 0) is 44.0 Å². The summed E-state index contributed by atoms with van der Waals surface area (Å²) in [5, 5.41) is 12.4. The van der Waals surface area contributed by atoms with E-state index < -0.39 is 0 Å². The second-order valence-corrected chi connectivity index (χ2v) is 3.75. The van der Waals surface area contributed by atoms with E-state index in [1.165, 1.54) is 0 Å². The number of rotatable bonds is 5. The molecule has 15 heavy (non-hydrogen) atoms. The first-order chi connectivity index (χ1) is 7.13. The van der Waals surface area contributed by atoms with Crippen molar-refractivity contribution in [2.45, 2.75) is 26.4 Å². The fraction of sp³-hybridized carbons (Fsp3) is 0.500. The number of hydrogen-bond acceptors (Lipinski definition) is 3. The highest BCUT2D eigenvalue weighted by atomic mass is 16.5. The maximum atomic E-state index is 9.12. The number of aliphatic hydroxyl groups excluding tert-OH is 1. The van der Waals surface area contributed by atoms with Gasteiger partial charge >= 0.3 is 0 Å². The van der Waals surface area contributed by atoms with E-state index in [1.807, 2.05) is 25.1 Å². The molecule has 1 unspecified atom stereocenters. The molecule has 0 heterocycles. The molecule has 1 aromatic rings. The summed E-state index contributed by atoms with van der Waals surface area (Å²) < 4.78 is 5.12. The maximum absolute atomic E-state index is 9.12. The van der Waals surface area contributed by atoms with Crippen LogP contribution < -0.4 is 10.1 Å². The van der Waals surface area contributed by atoms with Crippen molar-refractivity contribution in [1.82, 2.24) is 0 Å². The number of nitrogens with one attached hydrogen (secondary N) is 1. The van der Waals surface area contributed by atoms with Crippen molar-refractivity contribution in [2.24, 2.45) is 0 Å². The van der Waals surface area contributed by atoms with Gasteiger partial charge in [0, 0.05) is 12.2 Å². The lowest BCUT2D eigenvalue weighted by Gasteiger charge is -2.11. The largest absolute Gasteiger partial charge is 0.497 e. The predicted octanol–water partition coefficient (Wildman–Crippen LogP) is 2.19. The number of anilines is 1. The minimum Gasteiger partial charge on any atom is -0.497 e. The van der Waals surface area contributed by atoms with E-state index in [0.29, 0.717) is 0 Å². The van der Waals surface area contributed by atoms with E-state index in [1.54, 1.807) is 14.0 Å². The SMILES string of the molecule is COc1ccc(NCCC(C)O)c(C)c1. The quantitative estimate of drug-likeness (QED) is 0.781. The van der Waals surface area contributed by atoms with Gasteiger partial charge in [-0.1, -0.05) is 0 Å². The standard InChI is InChI=1S/C12H19NO2/c1-9-8-11(15-3)4-5-12(9)13-7-6-10(2)14/h4-5,8,10,13-14H,6-7H2,1-3H3. The number of hydrogen-bond donors (Lipinski definition) is 2. The van der Waals surface area contributed by atoms with Gasteiger partial charge in [0.15, 0.2) is 0 Å². The molecule has 1 aromatic carbocycles. The molecule has 0 bridgehead atoms. The zero-order valence-electron chi connectivity index (χ0n) is 9.58. The summed E-state index contributed by atoms with van der Waals surface area (Å²) in [5.41, 5.74) is 2.25. The number of benzene rings is 1. The van der Waals surface area contributed by atoms with Crippen LogP contribution in [-0.2, 0) is 0 Å². The van der Waals surface area contributed by atoms with Crippen LogP contribution in [0.5, 0.6) is 5.75 Å². The lowest BCUT2D eigenvalue weighted by molar-refractivity contribution is 0.189. The van der Waals surface area contributed by atoms with Gasteiger partial charge in [0.2, 0.25) is 0 Å². The first kappa shape index (κ1) is 11.9. The van der Waals surface area contributed by atoms with E-state index in [-0.39, 0.29) is 6.10 Å². The molecule has 0 aliphatic rings. The van der Waals surface area contributed by atoms with Gasteiger partial charge in [-0.3, -0.25) is 0 Å². The van der Waals surface area contributed by atoms with Crippen LogP contribution in [0.2, 0.25) is 0 Å². The van der Waals surface area contributed by atoms with Crippen molar-refractivity contribution in [2.75, 3.05) is 19.0 Å². The number of methoxy groups -OCH3 is 1. The molecule has 0 aromatic heterocycles. The van der Waals surface area contributed by atoms with Crippen molar-refractivity contribution in [3.8, 4) is 5.75 Å². The maximum Gasteiger partial charge on any atom is 0.119 e. The van der Waals surface area contributed by atoms with Crippen LogP contribution >= 0.6 is 0 Å². The predicted molar refractivity (Wildman–Crippen MR) is 62.5 cm³/mol. The van der Waals surface area contributed by atoms with Crippen LogP contribution in [0, 0.1) is 6.92 Å². The monoisotopic (exact) mass is 209 g/mol. The second-order valence-electron chi connectivity index (χ2n) is 3.75. The Morgan fingerprint density at radius 3 is 2.73 bits per heavy atom. The summed E-state index contributed by atoms with van der Waals surface area (Å²) in [5.74, 6) is 0.869. The zero-order valence-corrected chi connectivity index (χ0v) is 9.58. The molecule has 2 N–H and O–H groups in total. The summed E-state index contributed by atoms with van der Waals surface area (Å²) in [6.07, 6.45) is 0.502. The molecule has 0 fully saturated rings. The molecule has 3 heteroatoms. The summed E-state index contributed by atoms with van der Waals surface area (Å²) >= 11 is 0. The Kier molecular flexibility index (Phi) is 4.43. The third-order valence-electron chi connectivity index (χ3n) is 2.31. The van der Waals surface area contributed by atoms with Crippen molar-refractivity contribution in [3.05, 3.63) is 23.8 Å². The van der Waals surface area contributed by atoms with Gasteiger partial charge in [-0.25, -0.2) is 0 Å². The van der Waals surface area contributed by atoms with E-state index in [4.69, 9.17) is 9.84 Å². The minimum absolute atomic E-state index is 0.254. The lowest BCUT2D eigenvalue weighted by Crippen LogP contribution is -2.10. The normalized spacial score (nSPS) is 12.3. The van der Waals surface area contributed by atoms with E-state index >= 15 is 0 Å². The van der Waals surface area contributed by atoms with Gasteiger partial charge in [0.1, 0.15) is 5.75 Å². The van der Waals surface area contributed by atoms with E-state index in [9.17, 15) is 0 Å². The van der Waals surface area contributed by atoms with Gasteiger partial charge < -0.3 is 15.2 Å². The molecular formula is C12H19NO2. The highest BCUT2D eigenvalue weighted by Crippen LogP contribution is 2.20. The van der Waals surface area contributed by atoms with Crippen LogP contribution in [0.1, 0.15) is 18.9 Å². The van der Waals surface area contributed by atoms with Crippen LogP contribution in [0.3, 0.4) is 0 Å². The number of aryl methyl sites for hydroxylation is 1. The molecule has 0 saturated carbocycles. The summed E-state index contributed by atoms with van der Waals surface area (Å²) in [6, 6.07) is 5.92. The topological polar surface area (TPSA) is 41.5 Å². The smallest absolute Gasteiger partial charge is 0.119 e. The Bertz CT molecular complexity index is 310. The highest BCUT2D eigenvalue weighted by Gasteiger charge is 2.00. The molecule has 0 aliphatic carbocycles. The second kappa shape index (κ2) is 5.61. The molecule has 0 amide bonds. The van der Waals surface area contributed by atoms with Crippen molar-refractivity contribution in [3.63, 3.8) is 0 Å². The van der Waals surface area contributed by atoms with E-state index in [0.717, 1.165) is 30.0 Å². The van der Waals surface area contributed by atoms with Gasteiger partial charge in [-0.15, -0.1) is 0 Å². The molecule has 0 aliphatic heterocycles. The Hall–Kier alpha value is -1.22. The van der Waals surface area contributed by atoms with Crippen molar-refractivity contribution >= 4 is 5.69 Å². The molecule has 0 spiro atoms. The molecule has 0 saturated heterocycles. The summed E-state index contributed by atoms with van der Waals surface area (Å²) in [7, 11) is 1.66. The van der Waals surface area contributed by atoms with E-state index in [2.05, 4.69) is 5.32 Å². The Balaban J connectivity index is 2.54. The third kappa shape index (κ3) is 3.80. The minimum atomic E-state index is -0.254. The molecule has 1 rings (SSSR count). The molecule has 0 radical (unpaired) electrons. The molecular weight excluding hydrogens is 190 g/mol. The van der Waals surface area contributed by atoms with Crippen LogP contribution in [0.15, 0.2) is 18.2 Å². The average molecular weight is 209 g/mol. The fourth-order valence-electron chi connectivity index (χ4n) is 1.38. The third-order valence-corrected chi connectivity index (χ3v) is 2.31. The number of ether oxygens (including phenoxy) is 1. The summed E-state index contributed by atoms with van der Waals surface area (Å²) in [6.45, 7) is 4.61. The van der Waals surface area contributed by atoms with Crippen LogP contribution in [-0.4, -0.2) is 24.9 Å². The molecule has 84 valence electrons. The summed E-state index contributed by atoms with van der Waals surface area (Å²) in [4.78, 5) is 0. The Morgan fingerprint density at radius 1 is 1.47 bits per heavy atom. The first-order valence-corrected chi connectivity index (χ1v) is 5.20. The highest BCUT2D eigenvalue weighted by molar-refractivity contribution is 5.53. The number of aliphatic hydroxyl groups is 1. The zero-order chi connectivity index (χ0) is 11.3. The first-order valence-electron chi connectivity index (χ1n) is 5.20. The van der Waals surface area contributed by atoms with Crippen molar-refractivity contribution in [1.29, 1.82) is 0 Å². The van der Waals surface area contributed by atoms with Gasteiger partial charge in [0.05, 0.1) is 13.2 Å². The van der Waals surface area contributed by atoms with Crippen molar-refractivity contribution < 1.29 is 9.84 Å². The fourth-order valence-corrected chi connectivity index (χ4v) is 1.38. The van der Waals surface area contributed by atoms with Gasteiger partial charge in [-0.2, -0.15) is 0 Å². The van der Waals surface area contributed by atoms with Crippen LogP contribution in [0.25, 0.3) is 0 Å². The average Bonchev–Trinajstić information content (AvgIpc) is 2.20. The van der Waals surface area contributed by atoms with Crippen LogP contribution in [0.4, 0.5) is 5.69 Å². The molecule has 3 nitrogen and oxygen atoms in total. The molecule has 1 atom stereocenters. The lowest BCUT2D eigenvalue weighted by atomic mass is 10.2. The Labute approximate surface area is 91.1 Å².